The molecule has 0 spiro atoms. The van der Waals surface area contributed by atoms with Gasteiger partial charge in [-0.25, -0.2) is 13.8 Å². The molecule has 0 bridgehead atoms. The number of carbonyl (C=O) groups excluding carboxylic acids is 2. The summed E-state index contributed by atoms with van der Waals surface area (Å²) >= 11 is 12.0. The summed E-state index contributed by atoms with van der Waals surface area (Å²) in [6.45, 7) is 3.05. The molecule has 4 aromatic rings. The molecule has 0 saturated heterocycles. The number of sulfonamides is 1. The first kappa shape index (κ1) is 31.6. The van der Waals surface area contributed by atoms with Crippen molar-refractivity contribution in [3.8, 4) is 5.75 Å². The highest BCUT2D eigenvalue weighted by Crippen LogP contribution is 2.26. The zero-order valence-corrected chi connectivity index (χ0v) is 25.6. The molecule has 0 fully saturated rings. The number of ether oxygens (including phenoxy) is 1. The van der Waals surface area contributed by atoms with Crippen LogP contribution in [0.5, 0.6) is 5.75 Å². The van der Waals surface area contributed by atoms with Gasteiger partial charge in [0.2, 0.25) is 0 Å². The van der Waals surface area contributed by atoms with Crippen molar-refractivity contribution in [3.05, 3.63) is 118 Å². The molecule has 43 heavy (non-hydrogen) atoms. The second-order valence-electron chi connectivity index (χ2n) is 9.41. The van der Waals surface area contributed by atoms with E-state index in [1.54, 1.807) is 66.7 Å². The number of halogens is 2. The van der Waals surface area contributed by atoms with Crippen molar-refractivity contribution >= 4 is 62.6 Å². The molecule has 0 aliphatic carbocycles. The van der Waals surface area contributed by atoms with E-state index in [1.165, 1.54) is 30.5 Å². The third-order valence-electron chi connectivity index (χ3n) is 6.27. The number of anilines is 2. The monoisotopic (exact) mass is 638 g/mol. The van der Waals surface area contributed by atoms with Crippen molar-refractivity contribution < 1.29 is 22.7 Å². The number of nitrogens with one attached hydrogen (secondary N) is 2. The molecule has 0 aromatic heterocycles. The fourth-order valence-corrected chi connectivity index (χ4v) is 5.54. The van der Waals surface area contributed by atoms with Gasteiger partial charge in [0.25, 0.3) is 21.8 Å². The Labute approximate surface area is 260 Å². The van der Waals surface area contributed by atoms with Crippen LogP contribution in [0, 0.1) is 13.8 Å². The van der Waals surface area contributed by atoms with Crippen LogP contribution >= 0.6 is 23.2 Å². The van der Waals surface area contributed by atoms with E-state index < -0.39 is 22.5 Å². The molecule has 2 amide bonds. The van der Waals surface area contributed by atoms with E-state index in [2.05, 4.69) is 15.8 Å². The Kier molecular flexibility index (Phi) is 10.4. The molecule has 0 saturated carbocycles. The normalized spacial score (nSPS) is 11.3. The zero-order valence-electron chi connectivity index (χ0n) is 23.3. The summed E-state index contributed by atoms with van der Waals surface area (Å²) in [5.41, 5.74) is 5.71. The third-order valence-corrected chi connectivity index (χ3v) is 8.64. The van der Waals surface area contributed by atoms with Gasteiger partial charge in [-0.3, -0.25) is 13.9 Å². The van der Waals surface area contributed by atoms with Gasteiger partial charge in [0.1, 0.15) is 12.3 Å². The summed E-state index contributed by atoms with van der Waals surface area (Å²) in [7, 11) is -4.10. The van der Waals surface area contributed by atoms with E-state index in [0.717, 1.165) is 15.4 Å². The lowest BCUT2D eigenvalue weighted by Crippen LogP contribution is -2.39. The van der Waals surface area contributed by atoms with E-state index in [4.69, 9.17) is 27.9 Å². The summed E-state index contributed by atoms with van der Waals surface area (Å²) in [5.74, 6) is -0.558. The molecule has 0 radical (unpaired) electrons. The average molecular weight is 640 g/mol. The van der Waals surface area contributed by atoms with Crippen molar-refractivity contribution in [3.63, 3.8) is 0 Å². The Morgan fingerprint density at radius 3 is 2.26 bits per heavy atom. The number of rotatable bonds is 11. The van der Waals surface area contributed by atoms with Gasteiger partial charge >= 0.3 is 0 Å². The van der Waals surface area contributed by atoms with Crippen molar-refractivity contribution in [2.45, 2.75) is 18.7 Å². The maximum Gasteiger partial charge on any atom is 0.264 e. The van der Waals surface area contributed by atoms with Crippen LogP contribution in [0.3, 0.4) is 0 Å². The van der Waals surface area contributed by atoms with Crippen LogP contribution in [0.1, 0.15) is 16.7 Å². The van der Waals surface area contributed by atoms with Gasteiger partial charge in [-0.05, 0) is 103 Å². The van der Waals surface area contributed by atoms with Crippen LogP contribution in [0.2, 0.25) is 10.0 Å². The predicted octanol–water partition coefficient (Wildman–Crippen LogP) is 5.97. The number of carbonyl (C=O) groups is 2. The molecule has 2 N–H and O–H groups in total. The van der Waals surface area contributed by atoms with E-state index >= 15 is 0 Å². The molecular weight excluding hydrogens is 611 g/mol. The highest BCUT2D eigenvalue weighted by atomic mass is 35.5. The lowest BCUT2D eigenvalue weighted by atomic mass is 10.1. The van der Waals surface area contributed by atoms with Gasteiger partial charge in [-0.15, -0.1) is 0 Å². The van der Waals surface area contributed by atoms with Gasteiger partial charge in [-0.1, -0.05) is 41.4 Å². The third kappa shape index (κ3) is 8.57. The SMILES string of the molecule is Cc1ccc(N(CC(=O)N/N=C\c2ccc(OCC(=O)Nc3ccccc3Cl)cc2)S(=O)(=O)c2ccc(Cl)cc2)cc1C. The number of aryl methyl sites for hydroxylation is 2. The molecule has 0 unspecified atom stereocenters. The van der Waals surface area contributed by atoms with Crippen LogP contribution in [-0.2, 0) is 19.6 Å². The molecule has 0 heterocycles. The van der Waals surface area contributed by atoms with Crippen molar-refractivity contribution in [1.29, 1.82) is 0 Å². The van der Waals surface area contributed by atoms with E-state index in [-0.39, 0.29) is 17.4 Å². The van der Waals surface area contributed by atoms with Crippen LogP contribution in [0.25, 0.3) is 0 Å². The number of hydrogen-bond acceptors (Lipinski definition) is 6. The Morgan fingerprint density at radius 2 is 1.58 bits per heavy atom. The summed E-state index contributed by atoms with van der Waals surface area (Å²) in [6, 6.07) is 24.4. The molecule has 9 nitrogen and oxygen atoms in total. The fraction of sp³-hybridized carbons (Fsp3) is 0.129. The number of para-hydroxylation sites is 1. The highest BCUT2D eigenvalue weighted by Gasteiger charge is 2.27. The fourth-order valence-electron chi connectivity index (χ4n) is 3.82. The Balaban J connectivity index is 1.37. The van der Waals surface area contributed by atoms with Crippen molar-refractivity contribution in [2.75, 3.05) is 22.8 Å². The molecule has 0 atom stereocenters. The van der Waals surface area contributed by atoms with Crippen LogP contribution in [-0.4, -0.2) is 39.6 Å². The first-order valence-electron chi connectivity index (χ1n) is 13.0. The smallest absolute Gasteiger partial charge is 0.264 e. The Morgan fingerprint density at radius 1 is 0.884 bits per heavy atom. The molecule has 222 valence electrons. The number of benzene rings is 4. The number of nitrogens with zero attached hydrogens (tertiary/aromatic N) is 2. The van der Waals surface area contributed by atoms with Gasteiger partial charge in [0.15, 0.2) is 6.61 Å². The minimum absolute atomic E-state index is 0.00455. The second-order valence-corrected chi connectivity index (χ2v) is 12.1. The summed E-state index contributed by atoms with van der Waals surface area (Å²) < 4.78 is 33.6. The Bertz CT molecular complexity index is 1750. The summed E-state index contributed by atoms with van der Waals surface area (Å²) in [4.78, 5) is 25.0. The van der Waals surface area contributed by atoms with Gasteiger partial charge < -0.3 is 10.1 Å². The molecule has 0 aliphatic rings. The lowest BCUT2D eigenvalue weighted by molar-refractivity contribution is -0.119. The maximum absolute atomic E-state index is 13.5. The minimum Gasteiger partial charge on any atom is -0.484 e. The number of amides is 2. The molecular formula is C31H28Cl2N4O5S. The molecule has 0 aliphatic heterocycles. The predicted molar refractivity (Wildman–Crippen MR) is 170 cm³/mol. The van der Waals surface area contributed by atoms with Crippen LogP contribution in [0.4, 0.5) is 11.4 Å². The van der Waals surface area contributed by atoms with Crippen molar-refractivity contribution in [1.82, 2.24) is 5.43 Å². The zero-order chi connectivity index (χ0) is 31.0. The summed E-state index contributed by atoms with van der Waals surface area (Å²) in [6.07, 6.45) is 1.40. The number of hydrazone groups is 1. The van der Waals surface area contributed by atoms with E-state index in [9.17, 15) is 18.0 Å². The standard InChI is InChI=1S/C31H28Cl2N4O5S/c1-21-7-12-25(17-22(21)2)37(43(40,41)27-15-10-24(32)11-16-27)19-30(38)36-34-18-23-8-13-26(14-9-23)42-20-31(39)35-29-6-4-3-5-28(29)33/h3-18H,19-20H2,1-2H3,(H,35,39)(H,36,38)/b34-18-. The quantitative estimate of drug-likeness (QED) is 0.155. The van der Waals surface area contributed by atoms with E-state index in [1.807, 2.05) is 13.8 Å². The van der Waals surface area contributed by atoms with Gasteiger partial charge in [0.05, 0.1) is 27.5 Å². The molecule has 4 aromatic carbocycles. The van der Waals surface area contributed by atoms with Crippen LogP contribution < -0.4 is 19.8 Å². The lowest BCUT2D eigenvalue weighted by Gasteiger charge is -2.24. The average Bonchev–Trinajstić information content (AvgIpc) is 2.98. The maximum atomic E-state index is 13.5. The van der Waals surface area contributed by atoms with E-state index in [0.29, 0.717) is 32.7 Å². The summed E-state index contributed by atoms with van der Waals surface area (Å²) in [5, 5.41) is 7.46. The molecule has 4 rings (SSSR count). The van der Waals surface area contributed by atoms with Gasteiger partial charge in [0, 0.05) is 5.02 Å². The molecule has 12 heteroatoms. The largest absolute Gasteiger partial charge is 0.484 e. The van der Waals surface area contributed by atoms with Crippen molar-refractivity contribution in [2.24, 2.45) is 5.10 Å². The first-order valence-corrected chi connectivity index (χ1v) is 15.2. The van der Waals surface area contributed by atoms with Crippen LogP contribution in [0.15, 0.2) is 101 Å². The minimum atomic E-state index is -4.10. The second kappa shape index (κ2) is 14.2. The first-order chi connectivity index (χ1) is 20.5. The number of hydrogen-bond donors (Lipinski definition) is 2. The topological polar surface area (TPSA) is 117 Å². The Hall–Kier alpha value is -4.38. The van der Waals surface area contributed by atoms with Gasteiger partial charge in [-0.2, -0.15) is 5.10 Å². The highest BCUT2D eigenvalue weighted by molar-refractivity contribution is 7.92.